The van der Waals surface area contributed by atoms with Gasteiger partial charge in [-0.15, -0.1) is 23.1 Å². The summed E-state index contributed by atoms with van der Waals surface area (Å²) < 4.78 is 0. The van der Waals surface area contributed by atoms with E-state index in [-0.39, 0.29) is 18.9 Å². The minimum absolute atomic E-state index is 0. The van der Waals surface area contributed by atoms with E-state index in [2.05, 4.69) is 48.6 Å². The Labute approximate surface area is 95.8 Å². The van der Waals surface area contributed by atoms with Crippen molar-refractivity contribution in [3.05, 3.63) is 59.7 Å². The molecule has 62 valence electrons. The third kappa shape index (κ3) is 1.32. The first kappa shape index (κ1) is 9.59. The number of benzene rings is 2. The van der Waals surface area contributed by atoms with Gasteiger partial charge < -0.3 is 0 Å². The molecule has 0 nitrogen and oxygen atoms in total. The molecule has 0 atom stereocenters. The Bertz CT molecular complexity index is 498. The number of fused-ring (bicyclic) bond motifs is 3. The maximum Gasteiger partial charge on any atom is 1.00 e. The number of rotatable bonds is 0. The fraction of sp³-hybridized carbons (Fsp3) is 0.0769. The minimum Gasteiger partial charge on any atom is -0.182 e. The monoisotopic (exact) mass is 172 g/mol. The van der Waals surface area contributed by atoms with Crippen LogP contribution >= 0.6 is 0 Å². The first-order valence-corrected chi connectivity index (χ1v) is 4.54. The van der Waals surface area contributed by atoms with Crippen LogP contribution in [0, 0.1) is 6.08 Å². The maximum absolute atomic E-state index is 3.32. The Morgan fingerprint density at radius 3 is 2.79 bits per heavy atom. The van der Waals surface area contributed by atoms with Crippen LogP contribution in [-0.2, 0) is 6.42 Å². The Morgan fingerprint density at radius 1 is 1.00 bits per heavy atom. The molecule has 0 saturated heterocycles. The van der Waals surface area contributed by atoms with Gasteiger partial charge in [-0.05, 0) is 0 Å². The van der Waals surface area contributed by atoms with Gasteiger partial charge in [-0.1, -0.05) is 36.1 Å². The molecule has 1 aliphatic rings. The molecule has 0 radical (unpaired) electrons. The predicted octanol–water partition coefficient (Wildman–Crippen LogP) is 0.107. The molecule has 0 spiro atoms. The van der Waals surface area contributed by atoms with Gasteiger partial charge in [0.15, 0.2) is 0 Å². The van der Waals surface area contributed by atoms with E-state index in [1.165, 1.54) is 21.9 Å². The van der Waals surface area contributed by atoms with Gasteiger partial charge in [0.05, 0.1) is 0 Å². The van der Waals surface area contributed by atoms with E-state index in [0.717, 1.165) is 6.42 Å². The summed E-state index contributed by atoms with van der Waals surface area (Å²) in [6, 6.07) is 12.9. The Hall–Kier alpha value is -0.963. The molecule has 14 heavy (non-hydrogen) atoms. The SMILES string of the molecule is [C-]1=CCc2ccc3ccccc3c21.[Li+]. The molecule has 0 unspecified atom stereocenters. The molecule has 0 heterocycles. The van der Waals surface area contributed by atoms with Gasteiger partial charge in [0.2, 0.25) is 0 Å². The van der Waals surface area contributed by atoms with Gasteiger partial charge in [0.25, 0.3) is 0 Å². The standard InChI is InChI=1S/C13H9.Li/c1-2-6-12-10(4-1)8-9-11-5-3-7-13(11)12;/h1-4,6,8-9H,5H2;/q-1;+1. The maximum atomic E-state index is 3.32. The van der Waals surface area contributed by atoms with Gasteiger partial charge in [0, 0.05) is 0 Å². The van der Waals surface area contributed by atoms with Gasteiger partial charge in [0.1, 0.15) is 0 Å². The van der Waals surface area contributed by atoms with Crippen LogP contribution in [-0.4, -0.2) is 0 Å². The van der Waals surface area contributed by atoms with Crippen molar-refractivity contribution in [1.82, 2.24) is 0 Å². The third-order valence-corrected chi connectivity index (χ3v) is 2.58. The topological polar surface area (TPSA) is 0 Å². The first-order chi connectivity index (χ1) is 6.45. The van der Waals surface area contributed by atoms with Gasteiger partial charge >= 0.3 is 18.9 Å². The van der Waals surface area contributed by atoms with Crippen molar-refractivity contribution in [3.63, 3.8) is 0 Å². The van der Waals surface area contributed by atoms with E-state index >= 15 is 0 Å². The zero-order valence-electron chi connectivity index (χ0n) is 8.25. The van der Waals surface area contributed by atoms with E-state index in [1.807, 2.05) is 0 Å². The second-order valence-corrected chi connectivity index (χ2v) is 3.37. The molecule has 2 aromatic carbocycles. The summed E-state index contributed by atoms with van der Waals surface area (Å²) >= 11 is 0. The zero-order chi connectivity index (χ0) is 8.67. The van der Waals surface area contributed by atoms with Crippen molar-refractivity contribution in [2.75, 3.05) is 0 Å². The summed E-state index contributed by atoms with van der Waals surface area (Å²) in [4.78, 5) is 0. The Morgan fingerprint density at radius 2 is 1.86 bits per heavy atom. The summed E-state index contributed by atoms with van der Waals surface area (Å²) in [5.41, 5.74) is 2.69. The normalized spacial score (nSPS) is 12.6. The van der Waals surface area contributed by atoms with Crippen molar-refractivity contribution < 1.29 is 18.9 Å². The average molecular weight is 172 g/mol. The van der Waals surface area contributed by atoms with E-state index in [1.54, 1.807) is 0 Å². The van der Waals surface area contributed by atoms with Crippen LogP contribution in [0.2, 0.25) is 0 Å². The number of allylic oxidation sites excluding steroid dienone is 1. The minimum atomic E-state index is 0. The second-order valence-electron chi connectivity index (χ2n) is 3.37. The zero-order valence-corrected chi connectivity index (χ0v) is 8.25. The number of hydrogen-bond donors (Lipinski definition) is 0. The largest absolute Gasteiger partial charge is 1.00 e. The molecule has 2 aromatic rings. The Balaban J connectivity index is 0.000000750. The molecular weight excluding hydrogens is 163 g/mol. The van der Waals surface area contributed by atoms with Crippen LogP contribution in [0.3, 0.4) is 0 Å². The molecule has 0 saturated carbocycles. The van der Waals surface area contributed by atoms with Crippen LogP contribution in [0.4, 0.5) is 0 Å². The van der Waals surface area contributed by atoms with Crippen LogP contribution in [0.15, 0.2) is 42.5 Å². The number of hydrogen-bond acceptors (Lipinski definition) is 0. The van der Waals surface area contributed by atoms with Crippen molar-refractivity contribution in [1.29, 1.82) is 0 Å². The quantitative estimate of drug-likeness (QED) is 0.391. The van der Waals surface area contributed by atoms with Crippen LogP contribution in [0.25, 0.3) is 10.8 Å². The van der Waals surface area contributed by atoms with Crippen LogP contribution in [0.1, 0.15) is 11.1 Å². The van der Waals surface area contributed by atoms with Crippen LogP contribution in [0.5, 0.6) is 0 Å². The van der Waals surface area contributed by atoms with Crippen molar-refractivity contribution in [3.8, 4) is 0 Å². The van der Waals surface area contributed by atoms with Crippen LogP contribution < -0.4 is 18.9 Å². The fourth-order valence-electron chi connectivity index (χ4n) is 1.92. The predicted molar refractivity (Wildman–Crippen MR) is 54.6 cm³/mol. The van der Waals surface area contributed by atoms with Crippen molar-refractivity contribution >= 4 is 10.8 Å². The van der Waals surface area contributed by atoms with Gasteiger partial charge in [-0.3, -0.25) is 0 Å². The van der Waals surface area contributed by atoms with E-state index in [0.29, 0.717) is 0 Å². The molecule has 0 aromatic heterocycles. The summed E-state index contributed by atoms with van der Waals surface area (Å²) in [5.74, 6) is 0. The van der Waals surface area contributed by atoms with Gasteiger partial charge in [-0.25, -0.2) is 0 Å². The third-order valence-electron chi connectivity index (χ3n) is 2.58. The van der Waals surface area contributed by atoms with Crippen molar-refractivity contribution in [2.45, 2.75) is 6.42 Å². The summed E-state index contributed by atoms with van der Waals surface area (Å²) in [7, 11) is 0. The van der Waals surface area contributed by atoms with Gasteiger partial charge in [-0.2, -0.15) is 17.7 Å². The summed E-state index contributed by atoms with van der Waals surface area (Å²) in [5, 5.41) is 2.64. The molecule has 0 amide bonds. The molecular formula is C13H9Li. The van der Waals surface area contributed by atoms with E-state index in [4.69, 9.17) is 0 Å². The molecule has 0 N–H and O–H groups in total. The summed E-state index contributed by atoms with van der Waals surface area (Å²) in [6.07, 6.45) is 6.47. The smallest absolute Gasteiger partial charge is 0.182 e. The fourth-order valence-corrected chi connectivity index (χ4v) is 1.92. The Kier molecular flexibility index (Phi) is 2.50. The molecule has 0 fully saturated rings. The molecule has 0 aliphatic heterocycles. The second kappa shape index (κ2) is 3.65. The molecule has 0 bridgehead atoms. The van der Waals surface area contributed by atoms with E-state index < -0.39 is 0 Å². The van der Waals surface area contributed by atoms with E-state index in [9.17, 15) is 0 Å². The molecule has 1 heteroatoms. The molecule has 3 rings (SSSR count). The van der Waals surface area contributed by atoms with Crippen molar-refractivity contribution in [2.24, 2.45) is 0 Å². The average Bonchev–Trinajstić information content (AvgIpc) is 2.65. The first-order valence-electron chi connectivity index (χ1n) is 4.54. The summed E-state index contributed by atoms with van der Waals surface area (Å²) in [6.45, 7) is 0. The molecule has 1 aliphatic carbocycles.